The molecular formula is C60H48N2S. The molecule has 3 heteroatoms. The molecule has 4 aliphatic heterocycles. The van der Waals surface area contributed by atoms with Gasteiger partial charge < -0.3 is 9.47 Å². The van der Waals surface area contributed by atoms with Crippen LogP contribution >= 0.6 is 9.16 Å². The molecule has 63 heavy (non-hydrogen) atoms. The Balaban J connectivity index is 0.795. The Hall–Kier alpha value is -6.81. The highest BCUT2D eigenvalue weighted by Gasteiger charge is 2.87. The van der Waals surface area contributed by atoms with Crippen molar-refractivity contribution in [1.29, 1.82) is 0 Å². The van der Waals surface area contributed by atoms with Crippen LogP contribution in [0, 0.1) is 0 Å². The van der Waals surface area contributed by atoms with E-state index in [1.165, 1.54) is 102 Å². The van der Waals surface area contributed by atoms with E-state index in [9.17, 15) is 0 Å². The molecule has 0 aliphatic carbocycles. The maximum Gasteiger partial charge on any atom is 0.0541 e. The predicted molar refractivity (Wildman–Crippen MR) is 271 cm³/mol. The third-order valence-corrected chi connectivity index (χ3v) is 24.2. The summed E-state index contributed by atoms with van der Waals surface area (Å²) in [6.07, 6.45) is 2.90. The van der Waals surface area contributed by atoms with Crippen LogP contribution in [-0.2, 0) is 5.41 Å². The zero-order chi connectivity index (χ0) is 41.4. The van der Waals surface area contributed by atoms with Crippen molar-refractivity contribution in [2.45, 2.75) is 28.8 Å². The normalized spacial score (nSPS) is 21.4. The Labute approximate surface area is 369 Å². The van der Waals surface area contributed by atoms with Gasteiger partial charge in [0.1, 0.15) is 0 Å². The van der Waals surface area contributed by atoms with E-state index in [2.05, 4.69) is 222 Å². The second-order valence-corrected chi connectivity index (χ2v) is 25.8. The van der Waals surface area contributed by atoms with Gasteiger partial charge in [0.15, 0.2) is 0 Å². The predicted octanol–water partition coefficient (Wildman–Crippen LogP) is 15.3. The molecule has 10 aromatic rings. The van der Waals surface area contributed by atoms with Gasteiger partial charge in [0.2, 0.25) is 0 Å². The van der Waals surface area contributed by atoms with Crippen LogP contribution in [0.15, 0.2) is 212 Å². The number of hydrogen-bond donors (Lipinski definition) is 1. The van der Waals surface area contributed by atoms with Crippen molar-refractivity contribution in [2.24, 2.45) is 0 Å². The van der Waals surface area contributed by atoms with Crippen molar-refractivity contribution in [3.05, 3.63) is 218 Å². The maximum absolute atomic E-state index is 2.56. The molecule has 1 aromatic heterocycles. The quantitative estimate of drug-likeness (QED) is 0.118. The van der Waals surface area contributed by atoms with E-state index in [-0.39, 0.29) is 0 Å². The van der Waals surface area contributed by atoms with Crippen molar-refractivity contribution in [3.63, 3.8) is 0 Å². The van der Waals surface area contributed by atoms with E-state index in [0.717, 1.165) is 10.5 Å². The third-order valence-electron chi connectivity index (χ3n) is 16.3. The zero-order valence-electron chi connectivity index (χ0n) is 35.2. The number of thiol groups is 1. The van der Waals surface area contributed by atoms with Gasteiger partial charge in [-0.05, 0) is 151 Å². The van der Waals surface area contributed by atoms with Crippen molar-refractivity contribution >= 4 is 58.8 Å². The highest BCUT2D eigenvalue weighted by Crippen LogP contribution is 3.09. The topological polar surface area (TPSA) is 8.17 Å². The molecule has 5 heterocycles. The van der Waals surface area contributed by atoms with Crippen LogP contribution in [0.25, 0.3) is 71.6 Å². The molecule has 0 saturated carbocycles. The lowest BCUT2D eigenvalue weighted by atomic mass is 9.75. The molecule has 304 valence electrons. The van der Waals surface area contributed by atoms with Crippen molar-refractivity contribution in [1.82, 2.24) is 4.57 Å². The Morgan fingerprint density at radius 3 is 1.63 bits per heavy atom. The van der Waals surface area contributed by atoms with Crippen LogP contribution in [-0.4, -0.2) is 32.3 Å². The number of aromatic nitrogens is 1. The van der Waals surface area contributed by atoms with Crippen LogP contribution < -0.4 is 4.90 Å². The van der Waals surface area contributed by atoms with Gasteiger partial charge in [-0.1, -0.05) is 152 Å². The van der Waals surface area contributed by atoms with E-state index in [0.29, 0.717) is 5.41 Å². The van der Waals surface area contributed by atoms with Gasteiger partial charge in [-0.25, -0.2) is 0 Å². The molecule has 1 spiro atoms. The van der Waals surface area contributed by atoms with E-state index < -0.39 is 9.16 Å². The first kappa shape index (κ1) is 35.8. The molecule has 4 fully saturated rings. The Bertz CT molecular complexity index is 3390. The highest BCUT2D eigenvalue weighted by atomic mass is 32.3. The van der Waals surface area contributed by atoms with Crippen LogP contribution in [0.2, 0.25) is 0 Å². The van der Waals surface area contributed by atoms with Crippen LogP contribution in [0.3, 0.4) is 0 Å². The summed E-state index contributed by atoms with van der Waals surface area (Å²) in [5.41, 5.74) is 16.6. The molecule has 4 aliphatic rings. The summed E-state index contributed by atoms with van der Waals surface area (Å²) in [4.78, 5) is 2.49. The smallest absolute Gasteiger partial charge is 0.0541 e. The standard InChI is InChI=1S/C60H48N2S/c1-2-16-54-44(10-1)11-8-19-55(54)45-28-32-49(33-29-45)61(51-15-9-13-47(35-51)60-36-52-38-63(52,40-60)39-53(63)37-60)48-30-26-42(27-31-48)41-22-24-43(25-23-41)46-12-7-14-50(34-46)62-58-20-5-3-17-56(58)57-18-4-6-21-59(57)62/h1-35,52-53,63H,36-40H2/t52-,53-/m1/s1. The average molecular weight is 829 g/mol. The molecule has 2 atom stereocenters. The van der Waals surface area contributed by atoms with Crippen LogP contribution in [0.1, 0.15) is 18.4 Å². The fraction of sp³-hybridized carbons (Fsp3) is 0.133. The third kappa shape index (κ3) is 5.21. The summed E-state index contributed by atoms with van der Waals surface area (Å²) in [6, 6.07) is 79.0. The molecule has 0 unspecified atom stereocenters. The number of fused-ring (bicyclic) bond motifs is 5. The minimum atomic E-state index is -1.23. The number of rotatable bonds is 8. The maximum atomic E-state index is 2.56. The van der Waals surface area contributed by atoms with Gasteiger partial charge in [-0.2, -0.15) is 0 Å². The summed E-state index contributed by atoms with van der Waals surface area (Å²) in [5.74, 6) is 4.83. The molecule has 2 nitrogen and oxygen atoms in total. The summed E-state index contributed by atoms with van der Waals surface area (Å²) in [6.45, 7) is 0. The van der Waals surface area contributed by atoms with Crippen molar-refractivity contribution in [3.8, 4) is 39.1 Å². The second kappa shape index (κ2) is 12.9. The summed E-state index contributed by atoms with van der Waals surface area (Å²) >= 11 is 0. The fourth-order valence-corrected chi connectivity index (χ4v) is 23.2. The monoisotopic (exact) mass is 828 g/mol. The van der Waals surface area contributed by atoms with E-state index in [1.807, 2.05) is 0 Å². The van der Waals surface area contributed by atoms with Crippen LogP contribution in [0.4, 0.5) is 17.1 Å². The Morgan fingerprint density at radius 2 is 0.968 bits per heavy atom. The summed E-state index contributed by atoms with van der Waals surface area (Å²) < 4.78 is 2.40. The zero-order valence-corrected chi connectivity index (χ0v) is 36.1. The molecule has 0 N–H and O–H groups in total. The lowest BCUT2D eigenvalue weighted by Gasteiger charge is -2.32. The minimum Gasteiger partial charge on any atom is -0.310 e. The van der Waals surface area contributed by atoms with E-state index in [1.54, 1.807) is 22.8 Å². The minimum absolute atomic E-state index is 0.423. The highest BCUT2D eigenvalue weighted by molar-refractivity contribution is 8.61. The van der Waals surface area contributed by atoms with Gasteiger partial charge in [-0.15, -0.1) is 0 Å². The molecule has 2 bridgehead atoms. The Kier molecular flexibility index (Phi) is 7.31. The van der Waals surface area contributed by atoms with Gasteiger partial charge in [0.05, 0.1) is 11.0 Å². The van der Waals surface area contributed by atoms with Gasteiger partial charge in [0.25, 0.3) is 0 Å². The first-order valence-electron chi connectivity index (χ1n) is 22.8. The second-order valence-electron chi connectivity index (χ2n) is 19.4. The summed E-state index contributed by atoms with van der Waals surface area (Å²) in [7, 11) is -1.23. The lowest BCUT2D eigenvalue weighted by Crippen LogP contribution is -2.28. The first-order chi connectivity index (χ1) is 31.0. The lowest BCUT2D eigenvalue weighted by molar-refractivity contribution is 0.442. The van der Waals surface area contributed by atoms with Crippen molar-refractivity contribution in [2.75, 3.05) is 22.2 Å². The SMILES string of the molecule is c1cc(-c2ccc(-c3ccc(N(c4ccc(-c5cccc6ccccc56)cc4)c4cccc(C56C[C@@H]7C[SH]78(C[C@H]8C5)C6)c4)cc3)cc2)cc(-n2c3ccccc3c3ccccc32)c1. The fourth-order valence-electron chi connectivity index (χ4n) is 13.3. The first-order valence-corrected chi connectivity index (χ1v) is 25.8. The Morgan fingerprint density at radius 1 is 0.429 bits per heavy atom. The van der Waals surface area contributed by atoms with Gasteiger partial charge >= 0.3 is 0 Å². The number of nitrogens with zero attached hydrogens (tertiary/aromatic N) is 2. The number of anilines is 3. The van der Waals surface area contributed by atoms with Gasteiger partial charge in [-0.3, -0.25) is 9.16 Å². The molecule has 4 saturated heterocycles. The van der Waals surface area contributed by atoms with E-state index >= 15 is 0 Å². The van der Waals surface area contributed by atoms with Crippen LogP contribution in [0.5, 0.6) is 0 Å². The van der Waals surface area contributed by atoms with E-state index in [4.69, 9.17) is 0 Å². The van der Waals surface area contributed by atoms with Gasteiger partial charge in [0, 0.05) is 38.9 Å². The molecule has 0 radical (unpaired) electrons. The largest absolute Gasteiger partial charge is 0.310 e. The molecule has 9 aromatic carbocycles. The number of hydrogen-bond acceptors (Lipinski definition) is 1. The molecular weight excluding hydrogens is 781 g/mol. The van der Waals surface area contributed by atoms with Crippen molar-refractivity contribution < 1.29 is 0 Å². The number of benzene rings is 9. The summed E-state index contributed by atoms with van der Waals surface area (Å²) in [5, 5.41) is 7.34. The molecule has 14 rings (SSSR count). The number of para-hydroxylation sites is 2. The molecule has 0 amide bonds. The average Bonchev–Trinajstić information content (AvgIpc) is 4.02.